The van der Waals surface area contributed by atoms with Crippen molar-refractivity contribution in [1.29, 1.82) is 0 Å². The quantitative estimate of drug-likeness (QED) is 0.800. The third-order valence-corrected chi connectivity index (χ3v) is 5.30. The summed E-state index contributed by atoms with van der Waals surface area (Å²) in [5, 5.41) is 0. The average molecular weight is 287 g/mol. The molecule has 0 aliphatic heterocycles. The van der Waals surface area contributed by atoms with Gasteiger partial charge in [0.15, 0.2) is 0 Å². The van der Waals surface area contributed by atoms with Gasteiger partial charge in [0.05, 0.1) is 0 Å². The van der Waals surface area contributed by atoms with Gasteiger partial charge in [-0.05, 0) is 44.8 Å². The predicted molar refractivity (Wildman–Crippen MR) is 83.0 cm³/mol. The van der Waals surface area contributed by atoms with Crippen molar-refractivity contribution in [2.24, 2.45) is 11.8 Å². The number of carbonyl (C=O) groups excluding carboxylic acids is 1. The molecule has 114 valence electrons. The van der Waals surface area contributed by atoms with Crippen LogP contribution in [0.25, 0.3) is 0 Å². The van der Waals surface area contributed by atoms with Crippen LogP contribution in [0.3, 0.4) is 0 Å². The Morgan fingerprint density at radius 2 is 1.90 bits per heavy atom. The van der Waals surface area contributed by atoms with Crippen LogP contribution in [-0.2, 0) is 9.53 Å². The number of rotatable bonds is 3. The summed E-state index contributed by atoms with van der Waals surface area (Å²) in [6.07, 6.45) is 3.56. The Morgan fingerprint density at radius 1 is 1.19 bits per heavy atom. The molecule has 4 rings (SSSR count). The second-order valence-electron chi connectivity index (χ2n) is 6.78. The Bertz CT molecular complexity index is 499. The summed E-state index contributed by atoms with van der Waals surface area (Å²) in [5.74, 6) is 1.50. The van der Waals surface area contributed by atoms with Crippen molar-refractivity contribution < 1.29 is 9.53 Å². The first-order valence-electron chi connectivity index (χ1n) is 7.96. The Balaban J connectivity index is 1.91. The van der Waals surface area contributed by atoms with Crippen molar-refractivity contribution in [3.05, 3.63) is 35.9 Å². The van der Waals surface area contributed by atoms with Gasteiger partial charge in [0.2, 0.25) is 0 Å². The molecule has 3 fully saturated rings. The maximum Gasteiger partial charge on any atom is 0.302 e. The molecule has 0 unspecified atom stereocenters. The molecule has 0 N–H and O–H groups in total. The van der Waals surface area contributed by atoms with E-state index in [1.807, 2.05) is 0 Å². The molecule has 5 atom stereocenters. The summed E-state index contributed by atoms with van der Waals surface area (Å²) in [6.45, 7) is 1.53. The number of benzene rings is 1. The molecule has 0 spiro atoms. The molecule has 3 saturated carbocycles. The molecule has 0 heterocycles. The highest BCUT2D eigenvalue weighted by Gasteiger charge is 2.51. The fraction of sp³-hybridized carbons (Fsp3) is 0.611. The maximum atomic E-state index is 11.4. The second kappa shape index (κ2) is 5.80. The van der Waals surface area contributed by atoms with Gasteiger partial charge in [0, 0.05) is 24.8 Å². The minimum atomic E-state index is -0.138. The fourth-order valence-electron chi connectivity index (χ4n) is 4.64. The first kappa shape index (κ1) is 14.6. The van der Waals surface area contributed by atoms with Crippen LogP contribution >= 0.6 is 0 Å². The summed E-state index contributed by atoms with van der Waals surface area (Å²) < 4.78 is 5.62. The molecular weight excluding hydrogens is 262 g/mol. The highest BCUT2D eigenvalue weighted by atomic mass is 16.5. The minimum Gasteiger partial charge on any atom is -0.462 e. The average Bonchev–Trinajstić information content (AvgIpc) is 2.47. The monoisotopic (exact) mass is 287 g/mol. The van der Waals surface area contributed by atoms with Gasteiger partial charge in [-0.1, -0.05) is 30.3 Å². The summed E-state index contributed by atoms with van der Waals surface area (Å²) in [7, 11) is 4.32. The van der Waals surface area contributed by atoms with Gasteiger partial charge in [0.1, 0.15) is 6.10 Å². The van der Waals surface area contributed by atoms with Crippen LogP contribution in [-0.4, -0.2) is 37.1 Å². The molecule has 3 aliphatic rings. The van der Waals surface area contributed by atoms with Crippen molar-refractivity contribution in [2.75, 3.05) is 14.1 Å². The summed E-state index contributed by atoms with van der Waals surface area (Å²) in [4.78, 5) is 13.7. The van der Waals surface area contributed by atoms with E-state index in [9.17, 15) is 4.79 Å². The zero-order valence-corrected chi connectivity index (χ0v) is 13.2. The highest BCUT2D eigenvalue weighted by Crippen LogP contribution is 2.52. The van der Waals surface area contributed by atoms with Gasteiger partial charge < -0.3 is 9.64 Å². The Kier molecular flexibility index (Phi) is 4.03. The van der Waals surface area contributed by atoms with Gasteiger partial charge >= 0.3 is 5.97 Å². The van der Waals surface area contributed by atoms with E-state index in [0.29, 0.717) is 23.8 Å². The molecule has 1 aromatic carbocycles. The lowest BCUT2D eigenvalue weighted by atomic mass is 9.58. The van der Waals surface area contributed by atoms with Gasteiger partial charge in [0.25, 0.3) is 0 Å². The maximum absolute atomic E-state index is 11.4. The molecule has 3 heteroatoms. The lowest BCUT2D eigenvalue weighted by Crippen LogP contribution is -2.56. The van der Waals surface area contributed by atoms with Crippen molar-refractivity contribution in [2.45, 2.75) is 44.2 Å². The first-order chi connectivity index (χ1) is 10.1. The number of likely N-dealkylation sites (N-methyl/N-ethyl adjacent to an activating group) is 1. The molecule has 0 saturated heterocycles. The number of fused-ring (bicyclic) bond motifs is 3. The Labute approximate surface area is 127 Å². The molecule has 2 bridgehead atoms. The molecule has 21 heavy (non-hydrogen) atoms. The van der Waals surface area contributed by atoms with Crippen LogP contribution in [0.2, 0.25) is 0 Å². The van der Waals surface area contributed by atoms with E-state index in [0.717, 1.165) is 6.42 Å². The van der Waals surface area contributed by atoms with E-state index in [2.05, 4.69) is 49.3 Å². The number of ether oxygens (including phenoxy) is 1. The number of esters is 1. The van der Waals surface area contributed by atoms with E-state index in [1.165, 1.54) is 25.3 Å². The Hall–Kier alpha value is -1.35. The molecular formula is C18H25NO2. The molecule has 0 amide bonds. The van der Waals surface area contributed by atoms with E-state index < -0.39 is 0 Å². The van der Waals surface area contributed by atoms with E-state index in [-0.39, 0.29) is 12.1 Å². The third-order valence-electron chi connectivity index (χ3n) is 5.30. The van der Waals surface area contributed by atoms with Gasteiger partial charge in [-0.3, -0.25) is 4.79 Å². The van der Waals surface area contributed by atoms with Crippen LogP contribution in [0.1, 0.15) is 37.7 Å². The van der Waals surface area contributed by atoms with Gasteiger partial charge in [-0.25, -0.2) is 0 Å². The van der Waals surface area contributed by atoms with E-state index >= 15 is 0 Å². The SMILES string of the molecule is CC(=O)O[C@H]1C[C@@H]2CC[C@H]1[C@H](N(C)C)[C@H]2c1ccccc1. The zero-order chi connectivity index (χ0) is 15.0. The van der Waals surface area contributed by atoms with Crippen LogP contribution in [0.15, 0.2) is 30.3 Å². The lowest BCUT2D eigenvalue weighted by molar-refractivity contribution is -0.160. The van der Waals surface area contributed by atoms with Crippen molar-refractivity contribution >= 4 is 5.97 Å². The summed E-state index contributed by atoms with van der Waals surface area (Å²) in [6, 6.07) is 11.3. The normalized spacial score (nSPS) is 35.0. The molecule has 1 aromatic rings. The predicted octanol–water partition coefficient (Wildman–Crippen LogP) is 3.06. The molecule has 3 aliphatic carbocycles. The van der Waals surface area contributed by atoms with Crippen molar-refractivity contribution in [3.63, 3.8) is 0 Å². The van der Waals surface area contributed by atoms with Gasteiger partial charge in [-0.2, -0.15) is 0 Å². The summed E-state index contributed by atoms with van der Waals surface area (Å²) in [5.41, 5.74) is 1.44. The van der Waals surface area contributed by atoms with Crippen LogP contribution in [0.4, 0.5) is 0 Å². The zero-order valence-electron chi connectivity index (χ0n) is 13.2. The topological polar surface area (TPSA) is 29.5 Å². The van der Waals surface area contributed by atoms with E-state index in [1.54, 1.807) is 0 Å². The number of hydrogen-bond donors (Lipinski definition) is 0. The molecule has 3 nitrogen and oxygen atoms in total. The standard InChI is InChI=1S/C18H25NO2/c1-12(20)21-16-11-14-9-10-15(16)18(19(2)3)17(14)13-7-5-4-6-8-13/h4-8,14-18H,9-11H2,1-3H3/t14-,15+,16-,17-,18-/m0/s1. The third kappa shape index (κ3) is 2.71. The fourth-order valence-corrected chi connectivity index (χ4v) is 4.64. The molecule has 0 radical (unpaired) electrons. The lowest BCUT2D eigenvalue weighted by Gasteiger charge is -2.54. The van der Waals surface area contributed by atoms with Crippen LogP contribution < -0.4 is 0 Å². The van der Waals surface area contributed by atoms with Gasteiger partial charge in [-0.15, -0.1) is 0 Å². The number of nitrogens with zero attached hydrogens (tertiary/aromatic N) is 1. The smallest absolute Gasteiger partial charge is 0.302 e. The highest BCUT2D eigenvalue weighted by molar-refractivity contribution is 5.66. The largest absolute Gasteiger partial charge is 0.462 e. The number of carbonyl (C=O) groups is 1. The molecule has 0 aromatic heterocycles. The Morgan fingerprint density at radius 3 is 2.52 bits per heavy atom. The van der Waals surface area contributed by atoms with Crippen LogP contribution in [0, 0.1) is 11.8 Å². The van der Waals surface area contributed by atoms with Crippen molar-refractivity contribution in [1.82, 2.24) is 4.90 Å². The second-order valence-corrected chi connectivity index (χ2v) is 6.78. The van der Waals surface area contributed by atoms with Crippen molar-refractivity contribution in [3.8, 4) is 0 Å². The van der Waals surface area contributed by atoms with E-state index in [4.69, 9.17) is 4.74 Å². The first-order valence-corrected chi connectivity index (χ1v) is 7.96. The van der Waals surface area contributed by atoms with Crippen LogP contribution in [0.5, 0.6) is 0 Å². The minimum absolute atomic E-state index is 0.105. The number of hydrogen-bond acceptors (Lipinski definition) is 3. The summed E-state index contributed by atoms with van der Waals surface area (Å²) >= 11 is 0.